The molecule has 0 aliphatic carbocycles. The highest BCUT2D eigenvalue weighted by Gasteiger charge is 2.09. The molecule has 84 valence electrons. The lowest BCUT2D eigenvalue weighted by Crippen LogP contribution is -2.26. The Morgan fingerprint density at radius 3 is 2.67 bits per heavy atom. The van der Waals surface area contributed by atoms with Gasteiger partial charge in [0.25, 0.3) is 0 Å². The molecule has 3 N–H and O–H groups in total. The van der Waals surface area contributed by atoms with Crippen LogP contribution in [-0.4, -0.2) is 24.8 Å². The third-order valence-electron chi connectivity index (χ3n) is 2.41. The molecule has 4 heteroatoms. The van der Waals surface area contributed by atoms with E-state index >= 15 is 0 Å². The zero-order valence-electron chi connectivity index (χ0n) is 9.13. The molecule has 3 nitrogen and oxygen atoms in total. The van der Waals surface area contributed by atoms with Gasteiger partial charge in [0.2, 0.25) is 0 Å². The minimum atomic E-state index is 0.134. The fourth-order valence-electron chi connectivity index (χ4n) is 1.60. The number of hydrogen-bond acceptors (Lipinski definition) is 3. The van der Waals surface area contributed by atoms with Crippen molar-refractivity contribution in [3.63, 3.8) is 0 Å². The Kier molecular flexibility index (Phi) is 4.24. The molecule has 0 aliphatic rings. The van der Waals surface area contributed by atoms with Crippen LogP contribution in [0, 0.1) is 6.92 Å². The molecule has 0 radical (unpaired) electrons. The van der Waals surface area contributed by atoms with Crippen LogP contribution in [0.15, 0.2) is 12.1 Å². The van der Waals surface area contributed by atoms with Crippen LogP contribution in [0.5, 0.6) is 0 Å². The highest BCUT2D eigenvalue weighted by molar-refractivity contribution is 6.33. The number of likely N-dealkylation sites (N-methyl/N-ethyl adjacent to an activating group) is 1. The van der Waals surface area contributed by atoms with Gasteiger partial charge in [-0.3, -0.25) is 0 Å². The van der Waals surface area contributed by atoms with E-state index in [4.69, 9.17) is 22.4 Å². The Balaban J connectivity index is 3.06. The Morgan fingerprint density at radius 2 is 2.13 bits per heavy atom. The number of anilines is 2. The van der Waals surface area contributed by atoms with Gasteiger partial charge in [-0.15, -0.1) is 0 Å². The van der Waals surface area contributed by atoms with Gasteiger partial charge in [0.1, 0.15) is 0 Å². The van der Waals surface area contributed by atoms with Crippen LogP contribution in [0.3, 0.4) is 0 Å². The van der Waals surface area contributed by atoms with Crippen LogP contribution in [0.2, 0.25) is 5.02 Å². The molecule has 0 amide bonds. The van der Waals surface area contributed by atoms with Crippen molar-refractivity contribution in [2.24, 2.45) is 0 Å². The number of benzene rings is 1. The molecular formula is C11H17ClN2O. The molecule has 0 atom stereocenters. The van der Waals surface area contributed by atoms with Crippen LogP contribution < -0.4 is 10.6 Å². The zero-order valence-corrected chi connectivity index (χ0v) is 9.88. The average molecular weight is 229 g/mol. The molecule has 0 fully saturated rings. The number of rotatable bonds is 4. The number of nitrogens with two attached hydrogens (primary N) is 1. The van der Waals surface area contributed by atoms with E-state index in [9.17, 15) is 0 Å². The zero-order chi connectivity index (χ0) is 11.4. The van der Waals surface area contributed by atoms with E-state index in [1.807, 2.05) is 26.0 Å². The maximum Gasteiger partial charge on any atom is 0.0656 e. The van der Waals surface area contributed by atoms with Gasteiger partial charge in [-0.25, -0.2) is 0 Å². The number of hydrogen-bond donors (Lipinski definition) is 2. The standard InChI is InChI=1S/C11H17ClN2O/c1-3-14(4-5-15)11-7-9(12)10(13)6-8(11)2/h6-7,15H,3-5,13H2,1-2H3. The summed E-state index contributed by atoms with van der Waals surface area (Å²) in [5, 5.41) is 9.51. The van der Waals surface area contributed by atoms with Gasteiger partial charge in [0, 0.05) is 18.8 Å². The SMILES string of the molecule is CCN(CCO)c1cc(Cl)c(N)cc1C. The highest BCUT2D eigenvalue weighted by atomic mass is 35.5. The molecule has 1 aromatic rings. The lowest BCUT2D eigenvalue weighted by Gasteiger charge is -2.24. The predicted molar refractivity (Wildman–Crippen MR) is 65.6 cm³/mol. The van der Waals surface area contributed by atoms with E-state index in [-0.39, 0.29) is 6.61 Å². The van der Waals surface area contributed by atoms with Gasteiger partial charge in [0.15, 0.2) is 0 Å². The second kappa shape index (κ2) is 5.24. The summed E-state index contributed by atoms with van der Waals surface area (Å²) in [6.07, 6.45) is 0. The van der Waals surface area contributed by atoms with Gasteiger partial charge in [-0.05, 0) is 31.5 Å². The van der Waals surface area contributed by atoms with E-state index in [1.54, 1.807) is 0 Å². The summed E-state index contributed by atoms with van der Waals surface area (Å²) in [6.45, 7) is 5.61. The van der Waals surface area contributed by atoms with Crippen LogP contribution in [-0.2, 0) is 0 Å². The normalized spacial score (nSPS) is 10.4. The maximum atomic E-state index is 8.94. The van der Waals surface area contributed by atoms with Crippen molar-refractivity contribution in [2.75, 3.05) is 30.3 Å². The lowest BCUT2D eigenvalue weighted by atomic mass is 10.1. The number of nitrogens with zero attached hydrogens (tertiary/aromatic N) is 1. The van der Waals surface area contributed by atoms with E-state index in [2.05, 4.69) is 4.90 Å². The molecule has 0 aliphatic heterocycles. The van der Waals surface area contributed by atoms with E-state index < -0.39 is 0 Å². The molecule has 0 saturated carbocycles. The topological polar surface area (TPSA) is 49.5 Å². The Hall–Kier alpha value is -0.930. The number of aliphatic hydroxyl groups is 1. The lowest BCUT2D eigenvalue weighted by molar-refractivity contribution is 0.302. The third kappa shape index (κ3) is 2.76. The summed E-state index contributed by atoms with van der Waals surface area (Å²) in [6, 6.07) is 3.71. The smallest absolute Gasteiger partial charge is 0.0656 e. The van der Waals surface area contributed by atoms with Gasteiger partial charge in [-0.2, -0.15) is 0 Å². The van der Waals surface area contributed by atoms with Gasteiger partial charge < -0.3 is 15.7 Å². The van der Waals surface area contributed by atoms with Crippen molar-refractivity contribution >= 4 is 23.0 Å². The Labute approximate surface area is 95.5 Å². The monoisotopic (exact) mass is 228 g/mol. The quantitative estimate of drug-likeness (QED) is 0.776. The minimum absolute atomic E-state index is 0.134. The molecule has 0 unspecified atom stereocenters. The first-order chi connectivity index (χ1) is 7.10. The summed E-state index contributed by atoms with van der Waals surface area (Å²) in [7, 11) is 0. The average Bonchev–Trinajstić information content (AvgIpc) is 2.20. The molecule has 1 aromatic carbocycles. The van der Waals surface area contributed by atoms with Crippen molar-refractivity contribution in [3.8, 4) is 0 Å². The number of nitrogen functional groups attached to an aromatic ring is 1. The van der Waals surface area contributed by atoms with E-state index in [0.717, 1.165) is 17.8 Å². The molecule has 0 bridgehead atoms. The van der Waals surface area contributed by atoms with Crippen molar-refractivity contribution in [1.29, 1.82) is 0 Å². The van der Waals surface area contributed by atoms with Crippen LogP contribution in [0.1, 0.15) is 12.5 Å². The second-order valence-electron chi connectivity index (χ2n) is 3.46. The van der Waals surface area contributed by atoms with Crippen LogP contribution >= 0.6 is 11.6 Å². The van der Waals surface area contributed by atoms with Crippen LogP contribution in [0.4, 0.5) is 11.4 Å². The summed E-state index contributed by atoms with van der Waals surface area (Å²) in [5.74, 6) is 0. The van der Waals surface area contributed by atoms with E-state index in [0.29, 0.717) is 17.3 Å². The predicted octanol–water partition coefficient (Wildman–Crippen LogP) is 2.05. The number of aryl methyl sites for hydroxylation is 1. The Morgan fingerprint density at radius 1 is 1.47 bits per heavy atom. The van der Waals surface area contributed by atoms with Crippen molar-refractivity contribution in [2.45, 2.75) is 13.8 Å². The molecule has 1 rings (SSSR count). The molecule has 0 aromatic heterocycles. The molecule has 15 heavy (non-hydrogen) atoms. The second-order valence-corrected chi connectivity index (χ2v) is 3.87. The van der Waals surface area contributed by atoms with Crippen molar-refractivity contribution in [1.82, 2.24) is 0 Å². The molecular weight excluding hydrogens is 212 g/mol. The fraction of sp³-hybridized carbons (Fsp3) is 0.455. The first-order valence-electron chi connectivity index (χ1n) is 5.01. The number of halogens is 1. The van der Waals surface area contributed by atoms with Crippen molar-refractivity contribution in [3.05, 3.63) is 22.7 Å². The molecule has 0 heterocycles. The Bertz CT molecular complexity index is 342. The summed E-state index contributed by atoms with van der Waals surface area (Å²) in [4.78, 5) is 2.07. The summed E-state index contributed by atoms with van der Waals surface area (Å²) in [5.41, 5.74) is 8.41. The first kappa shape index (κ1) is 12.1. The minimum Gasteiger partial charge on any atom is -0.398 e. The summed E-state index contributed by atoms with van der Waals surface area (Å²) >= 11 is 5.97. The van der Waals surface area contributed by atoms with Gasteiger partial charge in [0.05, 0.1) is 17.3 Å². The highest BCUT2D eigenvalue weighted by Crippen LogP contribution is 2.29. The molecule has 0 spiro atoms. The van der Waals surface area contributed by atoms with Gasteiger partial charge >= 0.3 is 0 Å². The van der Waals surface area contributed by atoms with Crippen LogP contribution in [0.25, 0.3) is 0 Å². The van der Waals surface area contributed by atoms with Gasteiger partial charge in [-0.1, -0.05) is 11.6 Å². The first-order valence-corrected chi connectivity index (χ1v) is 5.39. The fourth-order valence-corrected chi connectivity index (χ4v) is 1.76. The number of aliphatic hydroxyl groups excluding tert-OH is 1. The van der Waals surface area contributed by atoms with E-state index in [1.165, 1.54) is 0 Å². The largest absolute Gasteiger partial charge is 0.398 e. The maximum absolute atomic E-state index is 8.94. The summed E-state index contributed by atoms with van der Waals surface area (Å²) < 4.78 is 0. The van der Waals surface area contributed by atoms with Crippen molar-refractivity contribution < 1.29 is 5.11 Å². The molecule has 0 saturated heterocycles. The third-order valence-corrected chi connectivity index (χ3v) is 2.73.